The van der Waals surface area contributed by atoms with E-state index in [1.54, 1.807) is 0 Å². The van der Waals surface area contributed by atoms with E-state index in [0.717, 1.165) is 6.07 Å². The molecule has 1 heterocycles. The fourth-order valence-corrected chi connectivity index (χ4v) is 2.35. The molecule has 2 atom stereocenters. The Bertz CT molecular complexity index is 653. The molecule has 0 aromatic heterocycles. The van der Waals surface area contributed by atoms with Gasteiger partial charge in [-0.2, -0.15) is 13.2 Å². The average molecular weight is 314 g/mol. The summed E-state index contributed by atoms with van der Waals surface area (Å²) in [6, 6.07) is 3.38. The summed E-state index contributed by atoms with van der Waals surface area (Å²) in [5.41, 5.74) is -0.993. The van der Waals surface area contributed by atoms with Crippen molar-refractivity contribution in [2.24, 2.45) is 15.9 Å². The van der Waals surface area contributed by atoms with Crippen molar-refractivity contribution in [3.8, 4) is 0 Å². The lowest BCUT2D eigenvalue weighted by atomic mass is 9.86. The number of halogens is 3. The van der Waals surface area contributed by atoms with Crippen LogP contribution in [0.25, 0.3) is 0 Å². The van der Waals surface area contributed by atoms with E-state index in [0.29, 0.717) is 0 Å². The zero-order chi connectivity index (χ0) is 16.5. The van der Waals surface area contributed by atoms with E-state index in [-0.39, 0.29) is 17.3 Å². The molecule has 22 heavy (non-hydrogen) atoms. The molecule has 8 heteroatoms. The number of methoxy groups -OCH3 is 1. The van der Waals surface area contributed by atoms with Crippen LogP contribution in [-0.2, 0) is 15.7 Å². The van der Waals surface area contributed by atoms with Gasteiger partial charge in [0.2, 0.25) is 0 Å². The van der Waals surface area contributed by atoms with Crippen LogP contribution < -0.4 is 0 Å². The summed E-state index contributed by atoms with van der Waals surface area (Å²) in [7, 11) is 1.27. The van der Waals surface area contributed by atoms with Crippen molar-refractivity contribution in [3.63, 3.8) is 0 Å². The molecule has 0 radical (unpaired) electrons. The monoisotopic (exact) mass is 314 g/mol. The molecule has 1 aliphatic rings. The largest absolute Gasteiger partial charge is 0.481 e. The molecule has 0 saturated heterocycles. The quantitative estimate of drug-likeness (QED) is 0.912. The number of aliphatic carboxylic acids is 1. The van der Waals surface area contributed by atoms with Crippen molar-refractivity contribution in [2.75, 3.05) is 7.11 Å². The van der Waals surface area contributed by atoms with E-state index in [4.69, 9.17) is 4.74 Å². The van der Waals surface area contributed by atoms with Crippen molar-refractivity contribution < 1.29 is 27.8 Å². The van der Waals surface area contributed by atoms with Gasteiger partial charge in [-0.15, -0.1) is 0 Å². The van der Waals surface area contributed by atoms with Crippen molar-refractivity contribution in [3.05, 3.63) is 35.4 Å². The minimum atomic E-state index is -4.61. The van der Waals surface area contributed by atoms with Crippen LogP contribution in [0.2, 0.25) is 0 Å². The molecule has 1 aliphatic heterocycles. The van der Waals surface area contributed by atoms with E-state index in [9.17, 15) is 23.1 Å². The van der Waals surface area contributed by atoms with Gasteiger partial charge in [-0.3, -0.25) is 4.79 Å². The Kier molecular flexibility index (Phi) is 4.20. The van der Waals surface area contributed by atoms with Crippen molar-refractivity contribution >= 4 is 17.7 Å². The number of rotatable bonds is 2. The number of alkyl halides is 3. The zero-order valence-electron chi connectivity index (χ0n) is 11.8. The lowest BCUT2D eigenvalue weighted by Crippen LogP contribution is -2.33. The third-order valence-corrected chi connectivity index (χ3v) is 3.32. The van der Waals surface area contributed by atoms with Crippen molar-refractivity contribution in [2.45, 2.75) is 19.1 Å². The SMILES string of the molecule is COC1=NC(c2ccccc2C(F)(F)F)C(C(=O)O)C(C)=N1. The lowest BCUT2D eigenvalue weighted by molar-refractivity contribution is -0.142. The van der Waals surface area contributed by atoms with Crippen LogP contribution >= 0.6 is 0 Å². The third-order valence-electron chi connectivity index (χ3n) is 3.32. The van der Waals surface area contributed by atoms with Crippen molar-refractivity contribution in [1.82, 2.24) is 0 Å². The number of benzene rings is 1. The highest BCUT2D eigenvalue weighted by atomic mass is 19.4. The second kappa shape index (κ2) is 5.78. The fraction of sp³-hybridized carbons (Fsp3) is 0.357. The summed E-state index contributed by atoms with van der Waals surface area (Å²) in [5.74, 6) is -2.57. The Balaban J connectivity index is 2.61. The molecular weight excluding hydrogens is 301 g/mol. The van der Waals surface area contributed by atoms with Gasteiger partial charge in [0.25, 0.3) is 0 Å². The van der Waals surface area contributed by atoms with Gasteiger partial charge in [0.05, 0.1) is 18.7 Å². The summed E-state index contributed by atoms with van der Waals surface area (Å²) >= 11 is 0. The van der Waals surface area contributed by atoms with Gasteiger partial charge in [-0.25, -0.2) is 9.98 Å². The average Bonchev–Trinajstić information content (AvgIpc) is 2.45. The highest BCUT2D eigenvalue weighted by Gasteiger charge is 2.41. The summed E-state index contributed by atoms with van der Waals surface area (Å²) in [6.07, 6.45) is -4.61. The normalized spacial score (nSPS) is 21.9. The minimum Gasteiger partial charge on any atom is -0.481 e. The van der Waals surface area contributed by atoms with Gasteiger partial charge in [0.1, 0.15) is 5.92 Å². The van der Waals surface area contributed by atoms with Crippen LogP contribution in [0, 0.1) is 5.92 Å². The number of carbonyl (C=O) groups is 1. The van der Waals surface area contributed by atoms with Gasteiger partial charge < -0.3 is 9.84 Å². The second-order valence-corrected chi connectivity index (χ2v) is 4.71. The first-order valence-electron chi connectivity index (χ1n) is 6.31. The molecule has 5 nitrogen and oxygen atoms in total. The molecule has 0 saturated carbocycles. The number of aliphatic imine (C=N–C) groups is 2. The van der Waals surface area contributed by atoms with Crippen LogP contribution in [0.15, 0.2) is 34.3 Å². The second-order valence-electron chi connectivity index (χ2n) is 4.71. The third kappa shape index (κ3) is 2.95. The number of carboxylic acids is 1. The first-order chi connectivity index (χ1) is 10.3. The molecule has 2 unspecified atom stereocenters. The number of hydrogen-bond donors (Lipinski definition) is 1. The Hall–Kier alpha value is -2.38. The summed E-state index contributed by atoms with van der Waals surface area (Å²) in [5, 5.41) is 9.32. The molecular formula is C14H13F3N2O3. The molecule has 0 bridgehead atoms. The number of nitrogens with zero attached hydrogens (tertiary/aromatic N) is 2. The van der Waals surface area contributed by atoms with E-state index in [1.165, 1.54) is 32.2 Å². The molecule has 1 N–H and O–H groups in total. The number of carboxylic acid groups (broad SMARTS) is 1. The van der Waals surface area contributed by atoms with E-state index < -0.39 is 29.7 Å². The van der Waals surface area contributed by atoms with Crippen LogP contribution in [-0.4, -0.2) is 29.9 Å². The maximum atomic E-state index is 13.2. The summed E-state index contributed by atoms with van der Waals surface area (Å²) < 4.78 is 44.3. The molecule has 1 aromatic rings. The van der Waals surface area contributed by atoms with E-state index in [1.807, 2.05) is 0 Å². The van der Waals surface area contributed by atoms with Gasteiger partial charge in [0, 0.05) is 5.71 Å². The number of amidine groups is 1. The Morgan fingerprint density at radius 3 is 2.50 bits per heavy atom. The van der Waals surface area contributed by atoms with Gasteiger partial charge in [0.15, 0.2) is 0 Å². The molecule has 0 aliphatic carbocycles. The zero-order valence-corrected chi connectivity index (χ0v) is 11.8. The molecule has 118 valence electrons. The van der Waals surface area contributed by atoms with Crippen LogP contribution in [0.4, 0.5) is 13.2 Å². The topological polar surface area (TPSA) is 71.2 Å². The lowest BCUT2D eigenvalue weighted by Gasteiger charge is -2.26. The number of hydrogen-bond acceptors (Lipinski definition) is 4. The smallest absolute Gasteiger partial charge is 0.416 e. The molecule has 1 aromatic carbocycles. The highest BCUT2D eigenvalue weighted by Crippen LogP contribution is 2.39. The van der Waals surface area contributed by atoms with Crippen molar-refractivity contribution in [1.29, 1.82) is 0 Å². The standard InChI is InChI=1S/C14H13F3N2O3/c1-7-10(12(20)21)11(19-13(18-7)22-2)8-5-3-4-6-9(8)14(15,16)17/h3-6,10-11H,1-2H3,(H,20,21). The Morgan fingerprint density at radius 1 is 1.32 bits per heavy atom. The highest BCUT2D eigenvalue weighted by molar-refractivity contribution is 6.07. The van der Waals surface area contributed by atoms with Crippen LogP contribution in [0.3, 0.4) is 0 Å². The first kappa shape index (κ1) is 16.0. The first-order valence-corrected chi connectivity index (χ1v) is 6.31. The maximum absolute atomic E-state index is 13.2. The number of ether oxygens (including phenoxy) is 1. The molecule has 0 spiro atoms. The fourth-order valence-electron chi connectivity index (χ4n) is 2.35. The van der Waals surface area contributed by atoms with Gasteiger partial charge in [-0.1, -0.05) is 18.2 Å². The molecule has 0 fully saturated rings. The molecule has 0 amide bonds. The van der Waals surface area contributed by atoms with Gasteiger partial charge >= 0.3 is 18.2 Å². The Labute approximate surface area is 124 Å². The summed E-state index contributed by atoms with van der Waals surface area (Å²) in [4.78, 5) is 19.2. The van der Waals surface area contributed by atoms with Gasteiger partial charge in [-0.05, 0) is 18.6 Å². The predicted octanol–water partition coefficient (Wildman–Crippen LogP) is 2.92. The maximum Gasteiger partial charge on any atom is 0.416 e. The minimum absolute atomic E-state index is 0.140. The Morgan fingerprint density at radius 2 is 1.95 bits per heavy atom. The predicted molar refractivity (Wildman–Crippen MR) is 72.9 cm³/mol. The summed E-state index contributed by atoms with van der Waals surface area (Å²) in [6.45, 7) is 1.43. The van der Waals surface area contributed by atoms with Crippen LogP contribution in [0.1, 0.15) is 24.1 Å². The van der Waals surface area contributed by atoms with Crippen LogP contribution in [0.5, 0.6) is 0 Å². The molecule has 2 rings (SSSR count). The van der Waals surface area contributed by atoms with E-state index >= 15 is 0 Å². The van der Waals surface area contributed by atoms with E-state index in [2.05, 4.69) is 9.98 Å².